The van der Waals surface area contributed by atoms with E-state index in [9.17, 15) is 9.59 Å². The molecule has 2 N–H and O–H groups in total. The van der Waals surface area contributed by atoms with E-state index in [0.717, 1.165) is 12.3 Å². The van der Waals surface area contributed by atoms with E-state index >= 15 is 0 Å². The predicted octanol–water partition coefficient (Wildman–Crippen LogP) is 2.71. The van der Waals surface area contributed by atoms with Gasteiger partial charge in [-0.1, -0.05) is 33.1 Å². The first-order chi connectivity index (χ1) is 9.56. The maximum absolute atomic E-state index is 12.0. The number of carbonyl (C=O) groups is 2. The van der Waals surface area contributed by atoms with Crippen LogP contribution in [0.5, 0.6) is 0 Å². The second kappa shape index (κ2) is 8.82. The number of amides is 2. The molecule has 1 rings (SSSR count). The summed E-state index contributed by atoms with van der Waals surface area (Å²) in [5.41, 5.74) is 0. The number of hydrogen-bond donors (Lipinski definition) is 2. The Morgan fingerprint density at radius 3 is 2.25 bits per heavy atom. The molecule has 1 fully saturated rings. The summed E-state index contributed by atoms with van der Waals surface area (Å²) in [4.78, 5) is 24.1. The first kappa shape index (κ1) is 16.8. The highest BCUT2D eigenvalue weighted by molar-refractivity contribution is 5.80. The molecule has 0 aromatic rings. The molecule has 0 aromatic heterocycles. The highest BCUT2D eigenvalue weighted by Crippen LogP contribution is 2.30. The van der Waals surface area contributed by atoms with Crippen molar-refractivity contribution in [2.45, 2.75) is 52.4 Å². The quantitative estimate of drug-likeness (QED) is 0.755. The van der Waals surface area contributed by atoms with Crippen LogP contribution in [-0.2, 0) is 4.79 Å². The van der Waals surface area contributed by atoms with Crippen molar-refractivity contribution < 1.29 is 14.7 Å². The van der Waals surface area contributed by atoms with Gasteiger partial charge in [-0.15, -0.1) is 0 Å². The van der Waals surface area contributed by atoms with E-state index in [1.54, 1.807) is 0 Å². The van der Waals surface area contributed by atoms with Gasteiger partial charge in [0, 0.05) is 13.1 Å². The Morgan fingerprint density at radius 2 is 1.75 bits per heavy atom. The molecule has 0 aromatic carbocycles. The van der Waals surface area contributed by atoms with Gasteiger partial charge in [0.05, 0.1) is 0 Å². The van der Waals surface area contributed by atoms with E-state index in [0.29, 0.717) is 19.0 Å². The van der Waals surface area contributed by atoms with Gasteiger partial charge in [-0.2, -0.15) is 0 Å². The van der Waals surface area contributed by atoms with Gasteiger partial charge >= 0.3 is 12.0 Å². The monoisotopic (exact) mass is 284 g/mol. The van der Waals surface area contributed by atoms with Crippen molar-refractivity contribution in [2.24, 2.45) is 11.8 Å². The first-order valence-corrected chi connectivity index (χ1v) is 7.81. The number of rotatable bonds is 7. The number of carbonyl (C=O) groups excluding carboxylic acids is 1. The molecule has 0 radical (unpaired) electrons. The number of urea groups is 1. The minimum atomic E-state index is -0.961. The zero-order chi connectivity index (χ0) is 15.0. The number of carboxylic acid groups (broad SMARTS) is 1. The van der Waals surface area contributed by atoms with E-state index in [2.05, 4.69) is 12.2 Å². The summed E-state index contributed by atoms with van der Waals surface area (Å²) in [6, 6.07) is -0.244. The summed E-state index contributed by atoms with van der Waals surface area (Å²) in [6.45, 7) is 5.12. The Hall–Kier alpha value is -1.26. The van der Waals surface area contributed by atoms with E-state index < -0.39 is 5.97 Å². The lowest BCUT2D eigenvalue weighted by molar-refractivity contribution is -0.137. The molecule has 0 bridgehead atoms. The van der Waals surface area contributed by atoms with Gasteiger partial charge in [0.1, 0.15) is 6.54 Å². The lowest BCUT2D eigenvalue weighted by atomic mass is 9.81. The Labute approximate surface area is 121 Å². The molecule has 5 heteroatoms. The summed E-state index contributed by atoms with van der Waals surface area (Å²) in [5.74, 6) is 0.442. The number of nitrogens with zero attached hydrogens (tertiary/aromatic N) is 1. The van der Waals surface area contributed by atoms with Gasteiger partial charge in [-0.3, -0.25) is 4.79 Å². The number of aliphatic carboxylic acids is 1. The smallest absolute Gasteiger partial charge is 0.323 e. The Morgan fingerprint density at radius 1 is 1.15 bits per heavy atom. The third-order valence-corrected chi connectivity index (χ3v) is 4.19. The fourth-order valence-electron chi connectivity index (χ4n) is 2.87. The minimum Gasteiger partial charge on any atom is -0.480 e. The highest BCUT2D eigenvalue weighted by Gasteiger charge is 2.22. The van der Waals surface area contributed by atoms with Crippen LogP contribution in [0.3, 0.4) is 0 Å². The van der Waals surface area contributed by atoms with E-state index in [-0.39, 0.29) is 12.6 Å². The van der Waals surface area contributed by atoms with Crippen molar-refractivity contribution in [2.75, 3.05) is 19.6 Å². The maximum Gasteiger partial charge on any atom is 0.323 e. The molecule has 1 saturated carbocycles. The van der Waals surface area contributed by atoms with Gasteiger partial charge in [0.2, 0.25) is 0 Å². The molecule has 1 aliphatic rings. The largest absolute Gasteiger partial charge is 0.480 e. The van der Waals surface area contributed by atoms with Gasteiger partial charge in [-0.05, 0) is 31.1 Å². The average molecular weight is 284 g/mol. The van der Waals surface area contributed by atoms with Crippen LogP contribution in [-0.4, -0.2) is 41.6 Å². The van der Waals surface area contributed by atoms with E-state index in [1.807, 2.05) is 6.92 Å². The van der Waals surface area contributed by atoms with E-state index in [4.69, 9.17) is 5.11 Å². The molecule has 0 heterocycles. The fraction of sp³-hybridized carbons (Fsp3) is 0.867. The lowest BCUT2D eigenvalue weighted by Gasteiger charge is -2.29. The zero-order valence-electron chi connectivity index (χ0n) is 12.7. The molecule has 20 heavy (non-hydrogen) atoms. The van der Waals surface area contributed by atoms with Crippen molar-refractivity contribution in [3.63, 3.8) is 0 Å². The van der Waals surface area contributed by atoms with Crippen molar-refractivity contribution in [3.8, 4) is 0 Å². The summed E-state index contributed by atoms with van der Waals surface area (Å²) in [7, 11) is 0. The third-order valence-electron chi connectivity index (χ3n) is 4.19. The van der Waals surface area contributed by atoms with Crippen LogP contribution in [0.25, 0.3) is 0 Å². The highest BCUT2D eigenvalue weighted by atomic mass is 16.4. The molecule has 0 saturated heterocycles. The average Bonchev–Trinajstić information content (AvgIpc) is 2.44. The molecule has 0 spiro atoms. The molecule has 0 unspecified atom stereocenters. The SMILES string of the molecule is CCCN(CC(=O)O)C(=O)NCC1CCC(CC)CC1. The number of nitrogens with one attached hydrogen (secondary N) is 1. The molecular weight excluding hydrogens is 256 g/mol. The summed E-state index contributed by atoms with van der Waals surface area (Å²) < 4.78 is 0. The van der Waals surface area contributed by atoms with Gasteiger partial charge in [0.15, 0.2) is 0 Å². The van der Waals surface area contributed by atoms with Gasteiger partial charge in [0.25, 0.3) is 0 Å². The summed E-state index contributed by atoms with van der Waals surface area (Å²) >= 11 is 0. The maximum atomic E-state index is 12.0. The summed E-state index contributed by atoms with van der Waals surface area (Å²) in [5, 5.41) is 11.7. The Bertz CT molecular complexity index is 312. The van der Waals surface area contributed by atoms with Crippen LogP contribution >= 0.6 is 0 Å². The predicted molar refractivity (Wildman–Crippen MR) is 78.6 cm³/mol. The standard InChI is InChI=1S/C15H28N2O3/c1-3-9-17(11-14(18)19)15(20)16-10-13-7-5-12(4-2)6-8-13/h12-13H,3-11H2,1-2H3,(H,16,20)(H,18,19). The fourth-order valence-corrected chi connectivity index (χ4v) is 2.87. The van der Waals surface area contributed by atoms with Crippen LogP contribution < -0.4 is 5.32 Å². The van der Waals surface area contributed by atoms with Crippen molar-refractivity contribution >= 4 is 12.0 Å². The third kappa shape index (κ3) is 5.80. The molecule has 0 atom stereocenters. The topological polar surface area (TPSA) is 69.6 Å². The number of carboxylic acids is 1. The van der Waals surface area contributed by atoms with Crippen LogP contribution in [0.1, 0.15) is 52.4 Å². The molecule has 1 aliphatic carbocycles. The normalized spacial score (nSPS) is 22.3. The number of hydrogen-bond acceptors (Lipinski definition) is 2. The first-order valence-electron chi connectivity index (χ1n) is 7.81. The second-order valence-electron chi connectivity index (χ2n) is 5.80. The molecule has 0 aliphatic heterocycles. The molecule has 5 nitrogen and oxygen atoms in total. The molecular formula is C15H28N2O3. The van der Waals surface area contributed by atoms with E-state index in [1.165, 1.54) is 37.0 Å². The Kier molecular flexibility index (Phi) is 7.41. The molecule has 116 valence electrons. The van der Waals surface area contributed by atoms with Crippen LogP contribution in [0, 0.1) is 11.8 Å². The molecule has 2 amide bonds. The van der Waals surface area contributed by atoms with Crippen LogP contribution in [0.15, 0.2) is 0 Å². The Balaban J connectivity index is 2.31. The van der Waals surface area contributed by atoms with Crippen molar-refractivity contribution in [1.82, 2.24) is 10.2 Å². The minimum absolute atomic E-state index is 0.220. The van der Waals surface area contributed by atoms with Crippen LogP contribution in [0.4, 0.5) is 4.79 Å². The van der Waals surface area contributed by atoms with Crippen molar-refractivity contribution in [3.05, 3.63) is 0 Å². The second-order valence-corrected chi connectivity index (χ2v) is 5.80. The van der Waals surface area contributed by atoms with Gasteiger partial charge in [-0.25, -0.2) is 4.79 Å². The van der Waals surface area contributed by atoms with Gasteiger partial charge < -0.3 is 15.3 Å². The van der Waals surface area contributed by atoms with Crippen LogP contribution in [0.2, 0.25) is 0 Å². The zero-order valence-corrected chi connectivity index (χ0v) is 12.7. The van der Waals surface area contributed by atoms with Crippen molar-refractivity contribution in [1.29, 1.82) is 0 Å². The lowest BCUT2D eigenvalue weighted by Crippen LogP contribution is -2.44. The summed E-state index contributed by atoms with van der Waals surface area (Å²) in [6.07, 6.45) is 6.87.